The van der Waals surface area contributed by atoms with E-state index in [1.807, 2.05) is 0 Å². The summed E-state index contributed by atoms with van der Waals surface area (Å²) in [4.78, 5) is 35.8. The molecule has 0 aromatic heterocycles. The van der Waals surface area contributed by atoms with E-state index in [9.17, 15) is 22.8 Å². The summed E-state index contributed by atoms with van der Waals surface area (Å²) in [5.41, 5.74) is -1.23. The van der Waals surface area contributed by atoms with Crippen molar-refractivity contribution in [2.45, 2.75) is 33.6 Å². The Hall–Kier alpha value is -1.60. The molecule has 0 atom stereocenters. The molecule has 0 heterocycles. The molecule has 11 heteroatoms. The van der Waals surface area contributed by atoms with Crippen LogP contribution in [0.5, 0.6) is 0 Å². The van der Waals surface area contributed by atoms with E-state index in [1.54, 1.807) is 6.92 Å². The molecule has 9 nitrogen and oxygen atoms in total. The van der Waals surface area contributed by atoms with Crippen LogP contribution in [0.25, 0.3) is 0 Å². The van der Waals surface area contributed by atoms with Gasteiger partial charge in [0.2, 0.25) is 0 Å². The summed E-state index contributed by atoms with van der Waals surface area (Å²) in [6, 6.07) is 0. The van der Waals surface area contributed by atoms with Crippen LogP contribution in [0, 0.1) is 5.41 Å². The van der Waals surface area contributed by atoms with Crippen molar-refractivity contribution in [1.29, 1.82) is 0 Å². The van der Waals surface area contributed by atoms with Crippen molar-refractivity contribution in [3.63, 3.8) is 0 Å². The molecule has 0 spiro atoms. The van der Waals surface area contributed by atoms with Crippen molar-refractivity contribution in [3.05, 3.63) is 24.3 Å². The van der Waals surface area contributed by atoms with Crippen LogP contribution in [-0.4, -0.2) is 75.3 Å². The maximum absolute atomic E-state index is 12.5. The van der Waals surface area contributed by atoms with E-state index in [-0.39, 0.29) is 49.5 Å². The summed E-state index contributed by atoms with van der Waals surface area (Å²) in [5, 5.41) is 0. The van der Waals surface area contributed by atoms with E-state index in [1.165, 1.54) is 13.8 Å². The Kier molecular flexibility index (Phi) is 13.1. The summed E-state index contributed by atoms with van der Waals surface area (Å²) in [6.45, 7) is 10.2. The second-order valence-electron chi connectivity index (χ2n) is 6.12. The molecule has 0 unspecified atom stereocenters. The molecule has 0 aliphatic heterocycles. The topological polar surface area (TPSA) is 133 Å². The fourth-order valence-electron chi connectivity index (χ4n) is 1.72. The molecule has 1 N–H and O–H groups in total. The van der Waals surface area contributed by atoms with Crippen molar-refractivity contribution >= 4 is 46.9 Å². The van der Waals surface area contributed by atoms with Crippen molar-refractivity contribution in [3.8, 4) is 0 Å². The van der Waals surface area contributed by atoms with Gasteiger partial charge in [-0.25, -0.2) is 9.59 Å². The molecule has 0 aliphatic carbocycles. The van der Waals surface area contributed by atoms with E-state index in [4.69, 9.17) is 18.8 Å². The molecule has 0 rings (SSSR count). The van der Waals surface area contributed by atoms with Crippen molar-refractivity contribution < 1.29 is 41.6 Å². The zero-order valence-corrected chi connectivity index (χ0v) is 16.6. The SMILES string of the molecule is C=C(C)C(=O)OCC(CC)(COC(=O)C(=C)C)C(=O)OCCCS(=O)(=O)O.[LiH]. The van der Waals surface area contributed by atoms with Crippen molar-refractivity contribution in [2.24, 2.45) is 5.41 Å². The van der Waals surface area contributed by atoms with Gasteiger partial charge in [-0.2, -0.15) is 8.42 Å². The number of rotatable bonds is 12. The zero-order valence-electron chi connectivity index (χ0n) is 15.8. The molecule has 0 bridgehead atoms. The fraction of sp³-hybridized carbons (Fsp3) is 0.588. The molecule has 0 fully saturated rings. The second kappa shape index (κ2) is 12.8. The first kappa shape index (κ1) is 28.6. The predicted molar refractivity (Wildman–Crippen MR) is 103 cm³/mol. The molecular formula is C17H27LiO9S. The van der Waals surface area contributed by atoms with Gasteiger partial charge in [-0.15, -0.1) is 0 Å². The van der Waals surface area contributed by atoms with E-state index < -0.39 is 52.4 Å². The van der Waals surface area contributed by atoms with Gasteiger partial charge in [0.15, 0.2) is 0 Å². The Morgan fingerprint density at radius 1 is 0.964 bits per heavy atom. The normalized spacial score (nSPS) is 11.0. The van der Waals surface area contributed by atoms with Crippen LogP contribution in [0.2, 0.25) is 0 Å². The number of carbonyl (C=O) groups is 3. The zero-order chi connectivity index (χ0) is 21.3. The quantitative estimate of drug-likeness (QED) is 0.123. The van der Waals surface area contributed by atoms with Gasteiger partial charge in [0, 0.05) is 11.1 Å². The third-order valence-corrected chi connectivity index (χ3v) is 4.35. The molecule has 28 heavy (non-hydrogen) atoms. The van der Waals surface area contributed by atoms with Crippen LogP contribution < -0.4 is 0 Å². The van der Waals surface area contributed by atoms with Gasteiger partial charge in [-0.05, 0) is 26.7 Å². The number of ether oxygens (including phenoxy) is 3. The summed E-state index contributed by atoms with van der Waals surface area (Å²) >= 11 is 0. The fourth-order valence-corrected chi connectivity index (χ4v) is 2.20. The molecule has 156 valence electrons. The van der Waals surface area contributed by atoms with Gasteiger partial charge in [0.25, 0.3) is 10.1 Å². The first-order valence-corrected chi connectivity index (χ1v) is 9.73. The number of hydrogen-bond donors (Lipinski definition) is 1. The molecule has 0 saturated carbocycles. The molecule has 0 aliphatic rings. The monoisotopic (exact) mass is 414 g/mol. The number of hydrogen-bond acceptors (Lipinski definition) is 8. The average molecular weight is 414 g/mol. The van der Waals surface area contributed by atoms with Crippen molar-refractivity contribution in [2.75, 3.05) is 25.6 Å². The summed E-state index contributed by atoms with van der Waals surface area (Å²) in [5.74, 6) is -2.85. The van der Waals surface area contributed by atoms with Gasteiger partial charge in [-0.3, -0.25) is 9.35 Å². The van der Waals surface area contributed by atoms with Crippen LogP contribution in [0.1, 0.15) is 33.6 Å². The standard InChI is InChI=1S/C17H26O9S.Li.H/c1-6-17(10-25-14(18)12(2)3,11-26-15(19)13(4)5)16(20)24-8-7-9-27(21,22)23;;/h2,4,6-11H2,1,3,5H3,(H,21,22,23);;. The van der Waals surface area contributed by atoms with Crippen LogP contribution in [0.3, 0.4) is 0 Å². The predicted octanol–water partition coefficient (Wildman–Crippen LogP) is 0.794. The van der Waals surface area contributed by atoms with Crippen LogP contribution in [0.4, 0.5) is 0 Å². The molecule has 0 saturated heterocycles. The van der Waals surface area contributed by atoms with Gasteiger partial charge in [0.05, 0.1) is 12.4 Å². The third kappa shape index (κ3) is 10.7. The van der Waals surface area contributed by atoms with E-state index >= 15 is 0 Å². The molecule has 0 radical (unpaired) electrons. The second-order valence-corrected chi connectivity index (χ2v) is 7.69. The molecular weight excluding hydrogens is 387 g/mol. The first-order chi connectivity index (χ1) is 12.3. The molecule has 0 amide bonds. The molecule has 0 aromatic rings. The van der Waals surface area contributed by atoms with E-state index in [0.717, 1.165) is 0 Å². The minimum atomic E-state index is -4.17. The van der Waals surface area contributed by atoms with E-state index in [2.05, 4.69) is 13.2 Å². The maximum atomic E-state index is 12.5. The van der Waals surface area contributed by atoms with Crippen LogP contribution in [-0.2, 0) is 38.7 Å². The van der Waals surface area contributed by atoms with Gasteiger partial charge in [-0.1, -0.05) is 20.1 Å². The summed E-state index contributed by atoms with van der Waals surface area (Å²) in [7, 11) is -4.17. The Balaban J connectivity index is 0. The van der Waals surface area contributed by atoms with Crippen molar-refractivity contribution in [1.82, 2.24) is 0 Å². The summed E-state index contributed by atoms with van der Waals surface area (Å²) in [6.07, 6.45) is -0.0153. The average Bonchev–Trinajstić information content (AvgIpc) is 2.57. The third-order valence-electron chi connectivity index (χ3n) is 3.55. The van der Waals surface area contributed by atoms with Crippen LogP contribution in [0.15, 0.2) is 24.3 Å². The Morgan fingerprint density at radius 3 is 1.71 bits per heavy atom. The van der Waals surface area contributed by atoms with Gasteiger partial charge < -0.3 is 14.2 Å². The minimum absolute atomic E-state index is 0. The van der Waals surface area contributed by atoms with Crippen LogP contribution >= 0.6 is 0 Å². The summed E-state index contributed by atoms with van der Waals surface area (Å²) < 4.78 is 45.2. The Morgan fingerprint density at radius 2 is 1.39 bits per heavy atom. The number of esters is 3. The molecule has 0 aromatic carbocycles. The first-order valence-electron chi connectivity index (χ1n) is 8.12. The number of carbonyl (C=O) groups excluding carboxylic acids is 3. The Labute approximate surface area is 177 Å². The Bertz CT molecular complexity index is 667. The van der Waals surface area contributed by atoms with E-state index in [0.29, 0.717) is 0 Å². The van der Waals surface area contributed by atoms with Gasteiger partial charge in [0.1, 0.15) is 18.6 Å². The van der Waals surface area contributed by atoms with Gasteiger partial charge >= 0.3 is 36.8 Å².